The van der Waals surface area contributed by atoms with Gasteiger partial charge in [0.25, 0.3) is 0 Å². The lowest BCUT2D eigenvalue weighted by molar-refractivity contribution is -0.660. The molecule has 2 aromatic carbocycles. The summed E-state index contributed by atoms with van der Waals surface area (Å²) in [6.45, 7) is 6.50. The number of pyridine rings is 1. The molecule has 0 saturated heterocycles. The van der Waals surface area contributed by atoms with E-state index in [9.17, 15) is 5.26 Å². The molecule has 4 rings (SSSR count). The number of aromatic nitrogens is 1. The summed E-state index contributed by atoms with van der Waals surface area (Å²) in [6.07, 6.45) is 2.04. The first kappa shape index (κ1) is 16.4. The summed E-state index contributed by atoms with van der Waals surface area (Å²) >= 11 is 0. The molecule has 4 aromatic rings. The molecule has 0 fully saturated rings. The van der Waals surface area contributed by atoms with E-state index in [0.717, 1.165) is 33.2 Å². The van der Waals surface area contributed by atoms with Crippen molar-refractivity contribution in [2.45, 2.75) is 26.7 Å². The Morgan fingerprint density at radius 1 is 1.08 bits per heavy atom. The lowest BCUT2D eigenvalue weighted by atomic mass is 9.90. The number of hydrogen-bond acceptors (Lipinski definition) is 2. The third-order valence-corrected chi connectivity index (χ3v) is 5.05. The fourth-order valence-corrected chi connectivity index (χ4v) is 3.81. The molecule has 0 spiro atoms. The predicted molar refractivity (Wildman–Crippen MR) is 104 cm³/mol. The molecule has 0 aliphatic carbocycles. The van der Waals surface area contributed by atoms with Crippen LogP contribution in [-0.2, 0) is 7.05 Å². The Morgan fingerprint density at radius 2 is 1.88 bits per heavy atom. The average Bonchev–Trinajstić information content (AvgIpc) is 3.01. The van der Waals surface area contributed by atoms with Crippen molar-refractivity contribution in [3.8, 4) is 17.3 Å². The molecule has 0 aliphatic heterocycles. The molecule has 0 atom stereocenters. The van der Waals surface area contributed by atoms with E-state index < -0.39 is 0 Å². The first-order valence-corrected chi connectivity index (χ1v) is 8.86. The van der Waals surface area contributed by atoms with Crippen molar-refractivity contribution < 1.29 is 8.98 Å². The molecule has 26 heavy (non-hydrogen) atoms. The zero-order valence-corrected chi connectivity index (χ0v) is 15.5. The van der Waals surface area contributed by atoms with Crippen molar-refractivity contribution in [3.63, 3.8) is 0 Å². The van der Waals surface area contributed by atoms with E-state index in [1.165, 1.54) is 11.1 Å². The number of aryl methyl sites for hydroxylation is 2. The summed E-state index contributed by atoms with van der Waals surface area (Å²) in [7, 11) is 2.04. The van der Waals surface area contributed by atoms with Crippen LogP contribution in [0.15, 0.2) is 53.1 Å². The van der Waals surface area contributed by atoms with Crippen LogP contribution in [0.3, 0.4) is 0 Å². The normalized spacial score (nSPS) is 11.4. The van der Waals surface area contributed by atoms with Crippen LogP contribution in [0.5, 0.6) is 0 Å². The van der Waals surface area contributed by atoms with Crippen LogP contribution in [0.2, 0.25) is 0 Å². The second-order valence-electron chi connectivity index (χ2n) is 7.11. The lowest BCUT2D eigenvalue weighted by Crippen LogP contribution is -2.30. The number of hydrogen-bond donors (Lipinski definition) is 0. The molecule has 0 amide bonds. The lowest BCUT2D eigenvalue weighted by Gasteiger charge is -2.12. The Hall–Kier alpha value is -3.12. The highest BCUT2D eigenvalue weighted by Gasteiger charge is 2.24. The molecule has 3 heteroatoms. The first-order valence-electron chi connectivity index (χ1n) is 8.86. The minimum Gasteiger partial charge on any atom is -0.455 e. The summed E-state index contributed by atoms with van der Waals surface area (Å²) in [5.41, 5.74) is 6.90. The van der Waals surface area contributed by atoms with Crippen molar-refractivity contribution in [2.24, 2.45) is 7.05 Å². The number of benzene rings is 2. The van der Waals surface area contributed by atoms with Crippen molar-refractivity contribution in [2.75, 3.05) is 0 Å². The van der Waals surface area contributed by atoms with Gasteiger partial charge in [0.15, 0.2) is 6.20 Å². The van der Waals surface area contributed by atoms with Gasteiger partial charge in [-0.1, -0.05) is 26.0 Å². The topological polar surface area (TPSA) is 40.8 Å². The Balaban J connectivity index is 2.27. The van der Waals surface area contributed by atoms with Gasteiger partial charge in [-0.15, -0.1) is 0 Å². The molecule has 0 saturated carbocycles. The molecular weight excluding hydrogens is 320 g/mol. The molecule has 0 N–H and O–H groups in total. The molecule has 2 aromatic heterocycles. The number of rotatable bonds is 2. The summed E-state index contributed by atoms with van der Waals surface area (Å²) in [5.74, 6) is 0.335. The quantitative estimate of drug-likeness (QED) is 0.459. The van der Waals surface area contributed by atoms with Crippen LogP contribution in [0.25, 0.3) is 33.2 Å². The maximum absolute atomic E-state index is 9.63. The average molecular weight is 341 g/mol. The van der Waals surface area contributed by atoms with E-state index in [1.54, 1.807) is 0 Å². The van der Waals surface area contributed by atoms with Crippen molar-refractivity contribution in [1.82, 2.24) is 0 Å². The van der Waals surface area contributed by atoms with Gasteiger partial charge in [-0.2, -0.15) is 5.26 Å². The number of nitrogens with zero attached hydrogens (tertiary/aromatic N) is 2. The Labute approximate surface area is 153 Å². The van der Waals surface area contributed by atoms with Gasteiger partial charge >= 0.3 is 0 Å². The highest BCUT2D eigenvalue weighted by Crippen LogP contribution is 2.42. The van der Waals surface area contributed by atoms with Crippen LogP contribution in [0, 0.1) is 18.3 Å². The summed E-state index contributed by atoms with van der Waals surface area (Å²) in [4.78, 5) is 0. The van der Waals surface area contributed by atoms with Gasteiger partial charge in [0.1, 0.15) is 18.2 Å². The van der Waals surface area contributed by atoms with Crippen molar-refractivity contribution in [3.05, 3.63) is 65.4 Å². The smallest absolute Gasteiger partial charge is 0.216 e. The van der Waals surface area contributed by atoms with Crippen LogP contribution in [-0.4, -0.2) is 0 Å². The maximum Gasteiger partial charge on any atom is 0.216 e. The van der Waals surface area contributed by atoms with Crippen molar-refractivity contribution in [1.29, 1.82) is 5.26 Å². The second-order valence-corrected chi connectivity index (χ2v) is 7.11. The van der Waals surface area contributed by atoms with Crippen LogP contribution in [0.4, 0.5) is 0 Å². The van der Waals surface area contributed by atoms with E-state index in [-0.39, 0.29) is 0 Å². The number of furan rings is 1. The highest BCUT2D eigenvalue weighted by atomic mass is 16.3. The summed E-state index contributed by atoms with van der Waals surface area (Å²) in [6, 6.07) is 16.4. The van der Waals surface area contributed by atoms with Gasteiger partial charge in [0.05, 0.1) is 17.2 Å². The molecule has 0 radical (unpaired) electrons. The summed E-state index contributed by atoms with van der Waals surface area (Å²) in [5, 5.41) is 11.6. The van der Waals surface area contributed by atoms with Gasteiger partial charge in [0, 0.05) is 22.9 Å². The summed E-state index contributed by atoms with van der Waals surface area (Å²) < 4.78 is 8.45. The molecule has 0 aliphatic rings. The van der Waals surface area contributed by atoms with Gasteiger partial charge in [0.2, 0.25) is 5.69 Å². The van der Waals surface area contributed by atoms with Crippen LogP contribution in [0.1, 0.15) is 36.5 Å². The zero-order chi connectivity index (χ0) is 18.4. The van der Waals surface area contributed by atoms with Crippen LogP contribution < -0.4 is 4.57 Å². The van der Waals surface area contributed by atoms with E-state index in [4.69, 9.17) is 4.42 Å². The zero-order valence-electron chi connectivity index (χ0n) is 15.5. The monoisotopic (exact) mass is 341 g/mol. The van der Waals surface area contributed by atoms with Gasteiger partial charge in [-0.3, -0.25) is 0 Å². The maximum atomic E-state index is 9.63. The molecule has 0 bridgehead atoms. The fourth-order valence-electron chi connectivity index (χ4n) is 3.81. The van der Waals surface area contributed by atoms with E-state index in [1.807, 2.05) is 43.6 Å². The van der Waals surface area contributed by atoms with Crippen LogP contribution >= 0.6 is 0 Å². The van der Waals surface area contributed by atoms with E-state index in [2.05, 4.69) is 43.5 Å². The first-order chi connectivity index (χ1) is 12.5. The second kappa shape index (κ2) is 6.00. The van der Waals surface area contributed by atoms with E-state index in [0.29, 0.717) is 11.5 Å². The van der Waals surface area contributed by atoms with Gasteiger partial charge in [-0.05, 0) is 42.2 Å². The largest absolute Gasteiger partial charge is 0.455 e. The predicted octanol–water partition coefficient (Wildman–Crippen LogP) is 5.38. The van der Waals surface area contributed by atoms with Gasteiger partial charge in [-0.25, -0.2) is 4.57 Å². The Bertz CT molecular complexity index is 1190. The third kappa shape index (κ3) is 2.30. The fraction of sp³-hybridized carbons (Fsp3) is 0.217. The molecule has 3 nitrogen and oxygen atoms in total. The third-order valence-electron chi connectivity index (χ3n) is 5.05. The Kier molecular flexibility index (Phi) is 3.77. The van der Waals surface area contributed by atoms with Crippen molar-refractivity contribution >= 4 is 21.9 Å². The molecule has 0 unspecified atom stereocenters. The van der Waals surface area contributed by atoms with Gasteiger partial charge < -0.3 is 4.42 Å². The Morgan fingerprint density at radius 3 is 2.58 bits per heavy atom. The standard InChI is InChI=1S/C23H21N2O/c1-14(2)17-12-15(3)20(18-9-5-6-11-25(18)4)23-22(17)21-16(13-24)8-7-10-19(21)26-23/h5-12,14H,1-4H3/q+1. The number of nitriles is 1. The molecule has 2 heterocycles. The molecule has 128 valence electrons. The number of fused-ring (bicyclic) bond motifs is 3. The molecular formula is C23H21N2O+. The van der Waals surface area contributed by atoms with E-state index >= 15 is 0 Å². The SMILES string of the molecule is Cc1cc(C(C)C)c2c(oc3cccc(C#N)c32)c1-c1cccc[n+]1C. The minimum atomic E-state index is 0.335. The minimum absolute atomic E-state index is 0.335. The highest BCUT2D eigenvalue weighted by molar-refractivity contribution is 6.13.